The highest BCUT2D eigenvalue weighted by Crippen LogP contribution is 2.57. The van der Waals surface area contributed by atoms with Crippen molar-refractivity contribution in [1.29, 1.82) is 0 Å². The number of rotatable bonds is 7. The predicted octanol–water partition coefficient (Wildman–Crippen LogP) is 7.74. The Morgan fingerprint density at radius 2 is 1.71 bits per heavy atom. The summed E-state index contributed by atoms with van der Waals surface area (Å²) in [7, 11) is 0. The first-order valence-corrected chi connectivity index (χ1v) is 18.8. The number of piperazine rings is 1. The molecule has 2 N–H and O–H groups in total. The van der Waals surface area contributed by atoms with Crippen molar-refractivity contribution in [2.24, 2.45) is 0 Å². The van der Waals surface area contributed by atoms with Crippen LogP contribution in [0.2, 0.25) is 0 Å². The number of phenols is 1. The quantitative estimate of drug-likeness (QED) is 0.143. The van der Waals surface area contributed by atoms with Crippen molar-refractivity contribution in [3.63, 3.8) is 0 Å². The third kappa shape index (κ3) is 6.54. The number of terminal acetylenes is 1. The second kappa shape index (κ2) is 14.2. The van der Waals surface area contributed by atoms with E-state index < -0.39 is 73.0 Å². The van der Waals surface area contributed by atoms with Gasteiger partial charge in [0.1, 0.15) is 35.2 Å². The molecule has 3 fully saturated rings. The van der Waals surface area contributed by atoms with Gasteiger partial charge in [0.05, 0.1) is 28.3 Å². The van der Waals surface area contributed by atoms with Gasteiger partial charge in [0.25, 0.3) is 0 Å². The number of aromatic nitrogens is 3. The van der Waals surface area contributed by atoms with E-state index in [1.165, 1.54) is 23.1 Å². The summed E-state index contributed by atoms with van der Waals surface area (Å²) in [6.07, 6.45) is -15.8. The van der Waals surface area contributed by atoms with Gasteiger partial charge < -0.3 is 24.8 Å². The molecule has 6 heterocycles. The van der Waals surface area contributed by atoms with Crippen LogP contribution in [-0.2, 0) is 11.2 Å². The largest absolute Gasteiger partial charge is 0.508 e. The fraction of sp³-hybridized carbons (Fsp3) is 0.513. The van der Waals surface area contributed by atoms with Crippen LogP contribution in [-0.4, -0.2) is 106 Å². The summed E-state index contributed by atoms with van der Waals surface area (Å²) in [6.45, 7) is 1.82. The number of phenolic OH excluding ortho intramolecular Hbond substituents is 1. The van der Waals surface area contributed by atoms with Gasteiger partial charge >= 0.3 is 30.1 Å². The Bertz CT molecular complexity index is 2330. The molecular weight excluding hydrogens is 809 g/mol. The summed E-state index contributed by atoms with van der Waals surface area (Å²) < 4.78 is 167. The first-order valence-electron chi connectivity index (χ1n) is 18.8. The maximum Gasteiger partial charge on any atom is 0.435 e. The van der Waals surface area contributed by atoms with Gasteiger partial charge in [-0.15, -0.1) is 6.42 Å². The molecule has 4 aromatic rings. The maximum absolute atomic E-state index is 17.2. The zero-order valence-corrected chi connectivity index (χ0v) is 31.1. The predicted molar refractivity (Wildman–Crippen MR) is 191 cm³/mol. The third-order valence-corrected chi connectivity index (χ3v) is 12.0. The third-order valence-electron chi connectivity index (χ3n) is 12.0. The van der Waals surface area contributed by atoms with Crippen LogP contribution in [0.25, 0.3) is 32.9 Å². The first kappa shape index (κ1) is 41.0. The number of aromatic hydroxyl groups is 1. The number of aryl methyl sites for hydroxylation is 1. The smallest absolute Gasteiger partial charge is 0.435 e. The molecule has 4 aliphatic rings. The standard InChI is InChI=1S/C39H35F11N6O3/c1-3-20-16-56-21(15-51-20)7-9-27-29-32(30(41)31(52-27)25-13-22(57)12-19-6-8-26(40)24(4-2)28(19)25)53-34(54-33(29)56)58-18-35-10-5-11-55(35)17-23(14-35)59-36(37(42,43)44,38(45,46)47)39(48,49)50/h2,6,8,12-13,20-21,23,51,57H,3,5,7,9-11,14-18H2,1H3/t20-,21-,23+,35?/m1/s1. The number of fused-ring (bicyclic) bond motifs is 4. The number of ether oxygens (including phenoxy) is 2. The Hall–Kier alpha value is -4.74. The minimum Gasteiger partial charge on any atom is -0.508 e. The van der Waals surface area contributed by atoms with Crippen LogP contribution in [0.15, 0.2) is 24.3 Å². The van der Waals surface area contributed by atoms with Crippen LogP contribution in [0.3, 0.4) is 0 Å². The minimum atomic E-state index is -6.89. The molecular formula is C39H35F11N6O3. The van der Waals surface area contributed by atoms with E-state index in [9.17, 15) is 44.6 Å². The Labute approximate surface area is 328 Å². The normalized spacial score (nSPS) is 24.0. The molecule has 2 aromatic heterocycles. The molecule has 1 unspecified atom stereocenters. The number of halogens is 11. The summed E-state index contributed by atoms with van der Waals surface area (Å²) in [5.41, 5.74) is -8.31. The van der Waals surface area contributed by atoms with Crippen LogP contribution in [0.1, 0.15) is 50.3 Å². The van der Waals surface area contributed by atoms with Crippen LogP contribution in [0.4, 0.5) is 54.1 Å². The highest BCUT2D eigenvalue weighted by atomic mass is 19.4. The molecule has 0 amide bonds. The van der Waals surface area contributed by atoms with E-state index in [-0.39, 0.29) is 69.7 Å². The first-order chi connectivity index (χ1) is 27.7. The van der Waals surface area contributed by atoms with E-state index in [0.29, 0.717) is 43.4 Å². The van der Waals surface area contributed by atoms with Crippen molar-refractivity contribution < 1.29 is 62.9 Å². The van der Waals surface area contributed by atoms with Gasteiger partial charge in [-0.3, -0.25) is 4.90 Å². The molecule has 0 aliphatic carbocycles. The Morgan fingerprint density at radius 3 is 2.39 bits per heavy atom. The average molecular weight is 845 g/mol. The van der Waals surface area contributed by atoms with Crippen LogP contribution < -0.4 is 15.0 Å². The van der Waals surface area contributed by atoms with Crippen molar-refractivity contribution in [2.75, 3.05) is 37.7 Å². The van der Waals surface area contributed by atoms with Crippen molar-refractivity contribution >= 4 is 27.5 Å². The maximum atomic E-state index is 17.2. The summed E-state index contributed by atoms with van der Waals surface area (Å²) in [5.74, 6) is 0.441. The molecule has 9 nitrogen and oxygen atoms in total. The zero-order chi connectivity index (χ0) is 42.4. The van der Waals surface area contributed by atoms with Crippen LogP contribution in [0, 0.1) is 24.0 Å². The molecule has 4 atom stereocenters. The fourth-order valence-corrected chi connectivity index (χ4v) is 9.23. The average Bonchev–Trinajstić information content (AvgIpc) is 3.66. The van der Waals surface area contributed by atoms with Gasteiger partial charge in [-0.2, -0.15) is 49.5 Å². The molecule has 8 rings (SSSR count). The molecule has 0 spiro atoms. The number of hydrogen-bond acceptors (Lipinski definition) is 9. The zero-order valence-electron chi connectivity index (χ0n) is 31.1. The van der Waals surface area contributed by atoms with Crippen molar-refractivity contribution in [3.05, 3.63) is 47.2 Å². The topological polar surface area (TPSA) is 95.9 Å². The van der Waals surface area contributed by atoms with Gasteiger partial charge in [0, 0.05) is 42.7 Å². The monoisotopic (exact) mass is 844 g/mol. The lowest BCUT2D eigenvalue weighted by molar-refractivity contribution is -0.463. The van der Waals surface area contributed by atoms with Crippen molar-refractivity contribution in [2.45, 2.75) is 93.3 Å². The van der Waals surface area contributed by atoms with Crippen LogP contribution >= 0.6 is 0 Å². The fourth-order valence-electron chi connectivity index (χ4n) is 9.23. The second-order valence-corrected chi connectivity index (χ2v) is 15.5. The van der Waals surface area contributed by atoms with Gasteiger partial charge in [0.2, 0.25) is 0 Å². The van der Waals surface area contributed by atoms with Crippen molar-refractivity contribution in [3.8, 4) is 35.4 Å². The highest BCUT2D eigenvalue weighted by molar-refractivity contribution is 6.03. The van der Waals surface area contributed by atoms with E-state index in [4.69, 9.17) is 16.1 Å². The van der Waals surface area contributed by atoms with E-state index in [2.05, 4.69) is 25.9 Å². The summed E-state index contributed by atoms with van der Waals surface area (Å²) in [5, 5.41) is 14.8. The molecule has 2 aromatic carbocycles. The highest BCUT2D eigenvalue weighted by Gasteiger charge is 2.86. The molecule has 59 heavy (non-hydrogen) atoms. The molecule has 3 saturated heterocycles. The number of nitrogens with zero attached hydrogens (tertiary/aromatic N) is 5. The molecule has 316 valence electrons. The van der Waals surface area contributed by atoms with Crippen LogP contribution in [0.5, 0.6) is 11.8 Å². The SMILES string of the molecule is C#Cc1c(F)ccc2cc(O)cc(-c3nc4c5c(nc(OCC67CCCN6C[C@@H](OC(C(F)(F)F)(C(F)(F)F)C(F)(F)F)C7)nc5c3F)N3C[C@@H](CC)NC[C@H]3CC4)c12. The summed E-state index contributed by atoms with van der Waals surface area (Å²) >= 11 is 0. The Balaban J connectivity index is 1.22. The number of nitrogens with one attached hydrogen (secondary N) is 1. The summed E-state index contributed by atoms with van der Waals surface area (Å²) in [6, 6.07) is 4.38. The summed E-state index contributed by atoms with van der Waals surface area (Å²) in [4.78, 5) is 17.2. The van der Waals surface area contributed by atoms with Gasteiger partial charge in [0.15, 0.2) is 5.82 Å². The molecule has 0 radical (unpaired) electrons. The number of benzene rings is 2. The molecule has 0 saturated carbocycles. The minimum absolute atomic E-state index is 0.00595. The van der Waals surface area contributed by atoms with E-state index in [0.717, 1.165) is 12.5 Å². The van der Waals surface area contributed by atoms with E-state index in [1.54, 1.807) is 0 Å². The number of pyridine rings is 1. The Morgan fingerprint density at radius 1 is 0.983 bits per heavy atom. The van der Waals surface area contributed by atoms with E-state index in [1.807, 2.05) is 11.8 Å². The Kier molecular flexibility index (Phi) is 9.86. The van der Waals surface area contributed by atoms with E-state index >= 15 is 8.78 Å². The molecule has 20 heteroatoms. The van der Waals surface area contributed by atoms with Crippen molar-refractivity contribution in [1.82, 2.24) is 25.2 Å². The van der Waals surface area contributed by atoms with Gasteiger partial charge in [-0.25, -0.2) is 13.8 Å². The molecule has 0 bridgehead atoms. The lowest BCUT2D eigenvalue weighted by Gasteiger charge is -2.40. The second-order valence-electron chi connectivity index (χ2n) is 15.5. The molecule has 4 aliphatic heterocycles. The lowest BCUT2D eigenvalue weighted by Crippen LogP contribution is -2.68. The van der Waals surface area contributed by atoms with Gasteiger partial charge in [-0.05, 0) is 68.7 Å². The number of alkyl halides is 9. The number of anilines is 1. The lowest BCUT2D eigenvalue weighted by atomic mass is 9.93. The van der Waals surface area contributed by atoms with Gasteiger partial charge in [-0.1, -0.05) is 18.9 Å². The number of hydrogen-bond donors (Lipinski definition) is 2.